The Hall–Kier alpha value is -2.29. The maximum atomic E-state index is 14.1. The van der Waals surface area contributed by atoms with Crippen LogP contribution in [0.2, 0.25) is 0 Å². The summed E-state index contributed by atoms with van der Waals surface area (Å²) in [5.41, 5.74) is -0.0314. The average molecular weight is 439 g/mol. The molecule has 2 aliphatic heterocycles. The van der Waals surface area contributed by atoms with Crippen molar-refractivity contribution < 1.29 is 22.4 Å². The zero-order valence-corrected chi connectivity index (χ0v) is 16.9. The van der Waals surface area contributed by atoms with E-state index >= 15 is 0 Å². The summed E-state index contributed by atoms with van der Waals surface area (Å²) in [5, 5.41) is 3.00. The van der Waals surface area contributed by atoms with Crippen LogP contribution >= 0.6 is 11.8 Å². The molecule has 3 heterocycles. The molecule has 0 radical (unpaired) electrons. The molecule has 30 heavy (non-hydrogen) atoms. The zero-order chi connectivity index (χ0) is 21.3. The summed E-state index contributed by atoms with van der Waals surface area (Å²) >= 11 is 1.43. The molecule has 0 bridgehead atoms. The Labute approximate surface area is 176 Å². The Morgan fingerprint density at radius 1 is 1.20 bits per heavy atom. The van der Waals surface area contributed by atoms with Crippen LogP contribution in [0.5, 0.6) is 0 Å². The van der Waals surface area contributed by atoms with Gasteiger partial charge < -0.3 is 10.2 Å². The molecular weight excluding hydrogens is 418 g/mol. The molecule has 0 aliphatic carbocycles. The van der Waals surface area contributed by atoms with Crippen molar-refractivity contribution in [3.63, 3.8) is 0 Å². The molecule has 1 aromatic heterocycles. The number of piperidine rings is 1. The third-order valence-corrected chi connectivity index (χ3v) is 6.69. The number of benzene rings is 1. The van der Waals surface area contributed by atoms with Crippen molar-refractivity contribution in [3.8, 4) is 0 Å². The average Bonchev–Trinajstić information content (AvgIpc) is 2.74. The van der Waals surface area contributed by atoms with E-state index in [4.69, 9.17) is 0 Å². The fourth-order valence-corrected chi connectivity index (χ4v) is 5.22. The van der Waals surface area contributed by atoms with Gasteiger partial charge in [0.2, 0.25) is 5.91 Å². The third kappa shape index (κ3) is 4.26. The molecule has 0 saturated carbocycles. The van der Waals surface area contributed by atoms with Gasteiger partial charge in [-0.25, -0.2) is 9.37 Å². The van der Waals surface area contributed by atoms with E-state index < -0.39 is 17.7 Å². The van der Waals surface area contributed by atoms with Gasteiger partial charge in [-0.05, 0) is 43.0 Å². The lowest BCUT2D eigenvalue weighted by Crippen LogP contribution is -2.45. The second-order valence-corrected chi connectivity index (χ2v) is 8.62. The Morgan fingerprint density at radius 3 is 2.83 bits per heavy atom. The van der Waals surface area contributed by atoms with Crippen molar-refractivity contribution in [2.75, 3.05) is 23.7 Å². The molecule has 1 saturated heterocycles. The van der Waals surface area contributed by atoms with Gasteiger partial charge in [0.15, 0.2) is 0 Å². The summed E-state index contributed by atoms with van der Waals surface area (Å²) in [4.78, 5) is 19.0. The minimum absolute atomic E-state index is 0.135. The first kappa shape index (κ1) is 21.0. The van der Waals surface area contributed by atoms with Crippen LogP contribution in [-0.2, 0) is 11.0 Å². The monoisotopic (exact) mass is 439 g/mol. The van der Waals surface area contributed by atoms with Crippen LogP contribution in [0.3, 0.4) is 0 Å². The number of amides is 1. The van der Waals surface area contributed by atoms with Crippen LogP contribution in [-0.4, -0.2) is 29.7 Å². The maximum Gasteiger partial charge on any atom is 0.419 e. The molecule has 160 valence electrons. The summed E-state index contributed by atoms with van der Waals surface area (Å²) in [5.74, 6) is -0.401. The van der Waals surface area contributed by atoms with Gasteiger partial charge in [0.05, 0.1) is 17.5 Å². The third-order valence-electron chi connectivity index (χ3n) is 5.53. The highest BCUT2D eigenvalue weighted by Crippen LogP contribution is 2.39. The van der Waals surface area contributed by atoms with Gasteiger partial charge >= 0.3 is 6.18 Å². The van der Waals surface area contributed by atoms with E-state index in [1.54, 1.807) is 11.0 Å². The number of anilines is 1. The first-order chi connectivity index (χ1) is 14.3. The van der Waals surface area contributed by atoms with Crippen LogP contribution in [0, 0.1) is 11.7 Å². The zero-order valence-electron chi connectivity index (χ0n) is 16.1. The van der Waals surface area contributed by atoms with Gasteiger partial charge in [0, 0.05) is 29.9 Å². The second-order valence-electron chi connectivity index (χ2n) is 7.51. The highest BCUT2D eigenvalue weighted by atomic mass is 32.2. The molecule has 2 aliphatic rings. The van der Waals surface area contributed by atoms with Gasteiger partial charge in [-0.2, -0.15) is 13.2 Å². The van der Waals surface area contributed by atoms with Gasteiger partial charge in [-0.15, -0.1) is 11.8 Å². The molecule has 4 nitrogen and oxygen atoms in total. The lowest BCUT2D eigenvalue weighted by Gasteiger charge is -2.35. The molecule has 1 N–H and O–H groups in total. The Balaban J connectivity index is 1.49. The maximum absolute atomic E-state index is 14.1. The number of rotatable bonds is 3. The molecule has 1 fully saturated rings. The van der Waals surface area contributed by atoms with Crippen molar-refractivity contribution >= 4 is 23.5 Å². The predicted octanol–water partition coefficient (Wildman–Crippen LogP) is 4.81. The van der Waals surface area contributed by atoms with Gasteiger partial charge in [-0.3, -0.25) is 4.79 Å². The summed E-state index contributed by atoms with van der Waals surface area (Å²) in [6, 6.07) is 6.82. The SMILES string of the molecule is O=C(NC1CCSc2c(F)cccc21)C1CCCN(c2ncccc2C(F)(F)F)C1. The van der Waals surface area contributed by atoms with E-state index in [0.29, 0.717) is 36.5 Å². The fraction of sp³-hybridized carbons (Fsp3) is 0.429. The normalized spacial score (nSPS) is 21.8. The van der Waals surface area contributed by atoms with Crippen LogP contribution in [0.25, 0.3) is 0 Å². The van der Waals surface area contributed by atoms with Crippen molar-refractivity contribution in [1.29, 1.82) is 0 Å². The highest BCUT2D eigenvalue weighted by Gasteiger charge is 2.37. The molecule has 4 rings (SSSR count). The number of nitrogens with zero attached hydrogens (tertiary/aromatic N) is 2. The molecule has 2 aromatic rings. The first-order valence-corrected chi connectivity index (χ1v) is 10.8. The predicted molar refractivity (Wildman–Crippen MR) is 107 cm³/mol. The van der Waals surface area contributed by atoms with Crippen LogP contribution in [0.1, 0.15) is 36.4 Å². The standard InChI is InChI=1S/C21H21F4N3OS/c22-16-7-1-5-14-17(8-11-30-18(14)16)27-20(29)13-4-3-10-28(12-13)19-15(21(23,24)25)6-2-9-26-19/h1-2,5-7,9,13,17H,3-4,8,10-12H2,(H,27,29). The van der Waals surface area contributed by atoms with E-state index in [9.17, 15) is 22.4 Å². The second kappa shape index (κ2) is 8.45. The van der Waals surface area contributed by atoms with Crippen molar-refractivity contribution in [2.45, 2.75) is 36.4 Å². The summed E-state index contributed by atoms with van der Waals surface area (Å²) in [6.07, 6.45) is -1.31. The molecule has 2 atom stereocenters. The number of thioether (sulfide) groups is 1. The number of fused-ring (bicyclic) bond motifs is 1. The van der Waals surface area contributed by atoms with E-state index in [2.05, 4.69) is 10.3 Å². The number of hydrogen-bond donors (Lipinski definition) is 1. The summed E-state index contributed by atoms with van der Waals surface area (Å²) in [6.45, 7) is 0.585. The molecule has 2 unspecified atom stereocenters. The fourth-order valence-electron chi connectivity index (χ4n) is 4.08. The van der Waals surface area contributed by atoms with Gasteiger partial charge in [-0.1, -0.05) is 12.1 Å². The number of carbonyl (C=O) groups excluding carboxylic acids is 1. The lowest BCUT2D eigenvalue weighted by atomic mass is 9.95. The van der Waals surface area contributed by atoms with E-state index in [-0.39, 0.29) is 30.1 Å². The van der Waals surface area contributed by atoms with Crippen LogP contribution < -0.4 is 10.2 Å². The van der Waals surface area contributed by atoms with Crippen LogP contribution in [0.4, 0.5) is 23.4 Å². The number of pyridine rings is 1. The highest BCUT2D eigenvalue weighted by molar-refractivity contribution is 7.99. The van der Waals surface area contributed by atoms with E-state index in [1.807, 2.05) is 6.07 Å². The number of hydrogen-bond acceptors (Lipinski definition) is 4. The number of aromatic nitrogens is 1. The number of nitrogens with one attached hydrogen (secondary N) is 1. The molecule has 9 heteroatoms. The summed E-state index contributed by atoms with van der Waals surface area (Å²) in [7, 11) is 0. The lowest BCUT2D eigenvalue weighted by molar-refractivity contribution is -0.137. The molecular formula is C21H21F4N3OS. The van der Waals surface area contributed by atoms with Crippen molar-refractivity contribution in [3.05, 3.63) is 53.5 Å². The minimum atomic E-state index is -4.51. The Bertz CT molecular complexity index is 937. The van der Waals surface area contributed by atoms with Gasteiger partial charge in [0.1, 0.15) is 11.6 Å². The smallest absolute Gasteiger partial charge is 0.355 e. The molecule has 0 spiro atoms. The Morgan fingerprint density at radius 2 is 2.03 bits per heavy atom. The van der Waals surface area contributed by atoms with Gasteiger partial charge in [0.25, 0.3) is 0 Å². The first-order valence-electron chi connectivity index (χ1n) is 9.83. The van der Waals surface area contributed by atoms with Crippen molar-refractivity contribution in [2.24, 2.45) is 5.92 Å². The topological polar surface area (TPSA) is 45.2 Å². The number of halogens is 4. The Kier molecular flexibility index (Phi) is 5.90. The van der Waals surface area contributed by atoms with Crippen LogP contribution in [0.15, 0.2) is 41.4 Å². The molecule has 1 amide bonds. The van der Waals surface area contributed by atoms with Crippen molar-refractivity contribution in [1.82, 2.24) is 10.3 Å². The number of carbonyl (C=O) groups is 1. The molecule has 1 aromatic carbocycles. The van der Waals surface area contributed by atoms with E-state index in [1.165, 1.54) is 30.1 Å². The van der Waals surface area contributed by atoms with E-state index in [0.717, 1.165) is 11.6 Å². The summed E-state index contributed by atoms with van der Waals surface area (Å²) < 4.78 is 54.2. The largest absolute Gasteiger partial charge is 0.419 e. The minimum Gasteiger partial charge on any atom is -0.355 e. The number of alkyl halides is 3. The quantitative estimate of drug-likeness (QED) is 0.698.